The van der Waals surface area contributed by atoms with E-state index in [-0.39, 0.29) is 0 Å². The minimum Gasteiger partial charge on any atom is -0.318 e. The molecule has 1 saturated heterocycles. The Morgan fingerprint density at radius 1 is 1.40 bits per heavy atom. The summed E-state index contributed by atoms with van der Waals surface area (Å²) in [6.07, 6.45) is 1.24. The van der Waals surface area contributed by atoms with Gasteiger partial charge in [-0.3, -0.25) is 4.90 Å². The van der Waals surface area contributed by atoms with E-state index in [2.05, 4.69) is 43.1 Å². The van der Waals surface area contributed by atoms with Crippen molar-refractivity contribution in [2.75, 3.05) is 40.8 Å². The molecular formula is C12H27N3. The first-order valence-corrected chi connectivity index (χ1v) is 6.15. The Morgan fingerprint density at radius 3 is 2.47 bits per heavy atom. The Kier molecular flexibility index (Phi) is 5.03. The van der Waals surface area contributed by atoms with Gasteiger partial charge in [0.2, 0.25) is 0 Å². The fourth-order valence-corrected chi connectivity index (χ4v) is 2.72. The number of nitrogens with one attached hydrogen (secondary N) is 1. The van der Waals surface area contributed by atoms with Gasteiger partial charge in [-0.25, -0.2) is 0 Å². The van der Waals surface area contributed by atoms with Crippen molar-refractivity contribution in [2.24, 2.45) is 5.92 Å². The highest BCUT2D eigenvalue weighted by Gasteiger charge is 2.33. The van der Waals surface area contributed by atoms with Gasteiger partial charge in [-0.1, -0.05) is 13.8 Å². The molecule has 0 aliphatic carbocycles. The number of hydrogen-bond acceptors (Lipinski definition) is 3. The summed E-state index contributed by atoms with van der Waals surface area (Å²) in [5.41, 5.74) is 0. The second-order valence-corrected chi connectivity index (χ2v) is 5.08. The summed E-state index contributed by atoms with van der Waals surface area (Å²) >= 11 is 0. The lowest BCUT2D eigenvalue weighted by molar-refractivity contribution is 0.208. The highest BCUT2D eigenvalue weighted by atomic mass is 15.3. The maximum atomic E-state index is 3.30. The molecule has 0 aromatic heterocycles. The molecular weight excluding hydrogens is 186 g/mol. The molecule has 0 bridgehead atoms. The Labute approximate surface area is 94.8 Å². The summed E-state index contributed by atoms with van der Waals surface area (Å²) in [5.74, 6) is 0.797. The molecule has 0 amide bonds. The van der Waals surface area contributed by atoms with E-state index in [1.54, 1.807) is 0 Å². The molecule has 3 atom stereocenters. The number of nitrogens with zero attached hydrogens (tertiary/aromatic N) is 2. The second kappa shape index (κ2) is 5.83. The maximum absolute atomic E-state index is 3.30. The van der Waals surface area contributed by atoms with Gasteiger partial charge in [0.15, 0.2) is 0 Å². The van der Waals surface area contributed by atoms with Crippen LogP contribution in [0.5, 0.6) is 0 Å². The molecule has 15 heavy (non-hydrogen) atoms. The van der Waals surface area contributed by atoms with Crippen molar-refractivity contribution in [1.82, 2.24) is 15.1 Å². The minimum atomic E-state index is 0.711. The molecule has 1 aliphatic heterocycles. The first-order valence-electron chi connectivity index (χ1n) is 6.15. The monoisotopic (exact) mass is 213 g/mol. The predicted molar refractivity (Wildman–Crippen MR) is 66.2 cm³/mol. The quantitative estimate of drug-likeness (QED) is 0.731. The van der Waals surface area contributed by atoms with Crippen LogP contribution in [-0.4, -0.2) is 62.7 Å². The van der Waals surface area contributed by atoms with Gasteiger partial charge in [0.1, 0.15) is 0 Å². The second-order valence-electron chi connectivity index (χ2n) is 5.08. The lowest BCUT2D eigenvalue weighted by atomic mass is 10.1. The van der Waals surface area contributed by atoms with Crippen LogP contribution < -0.4 is 5.32 Å². The molecule has 1 fully saturated rings. The summed E-state index contributed by atoms with van der Waals surface area (Å²) in [7, 11) is 6.44. The van der Waals surface area contributed by atoms with E-state index in [1.807, 2.05) is 7.05 Å². The van der Waals surface area contributed by atoms with Crippen LogP contribution in [0.3, 0.4) is 0 Å². The molecule has 0 saturated carbocycles. The average Bonchev–Trinajstić information content (AvgIpc) is 2.56. The average molecular weight is 213 g/mol. The number of likely N-dealkylation sites (tertiary alicyclic amines) is 1. The molecule has 3 heteroatoms. The molecule has 1 rings (SSSR count). The predicted octanol–water partition coefficient (Wildman–Crippen LogP) is 0.866. The molecule has 3 unspecified atom stereocenters. The zero-order chi connectivity index (χ0) is 11.4. The third-order valence-electron chi connectivity index (χ3n) is 3.69. The third kappa shape index (κ3) is 3.16. The van der Waals surface area contributed by atoms with Gasteiger partial charge in [0.25, 0.3) is 0 Å². The van der Waals surface area contributed by atoms with Gasteiger partial charge in [-0.2, -0.15) is 0 Å². The number of hydrogen-bond donors (Lipinski definition) is 1. The zero-order valence-electron chi connectivity index (χ0n) is 11.0. The molecule has 90 valence electrons. The van der Waals surface area contributed by atoms with Crippen LogP contribution in [0.1, 0.15) is 20.3 Å². The van der Waals surface area contributed by atoms with Crippen LogP contribution in [0.4, 0.5) is 0 Å². The standard InChI is InChI=1S/C12H27N3/c1-6-11(7-13-3)15-8-10(2)12(9-15)14(4)5/h10-13H,6-9H2,1-5H3. The van der Waals surface area contributed by atoms with E-state index in [9.17, 15) is 0 Å². The van der Waals surface area contributed by atoms with Crippen LogP contribution in [0.15, 0.2) is 0 Å². The van der Waals surface area contributed by atoms with Crippen molar-refractivity contribution >= 4 is 0 Å². The lowest BCUT2D eigenvalue weighted by Gasteiger charge is -2.27. The fraction of sp³-hybridized carbons (Fsp3) is 1.00. The fourth-order valence-electron chi connectivity index (χ4n) is 2.72. The van der Waals surface area contributed by atoms with Crippen molar-refractivity contribution in [2.45, 2.75) is 32.4 Å². The Morgan fingerprint density at radius 2 is 2.07 bits per heavy atom. The first-order chi connectivity index (χ1) is 7.10. The van der Waals surface area contributed by atoms with Gasteiger partial charge >= 0.3 is 0 Å². The van der Waals surface area contributed by atoms with Gasteiger partial charge < -0.3 is 10.2 Å². The third-order valence-corrected chi connectivity index (χ3v) is 3.69. The summed E-state index contributed by atoms with van der Waals surface area (Å²) < 4.78 is 0. The van der Waals surface area contributed by atoms with Gasteiger partial charge in [0, 0.05) is 31.7 Å². The van der Waals surface area contributed by atoms with Gasteiger partial charge in [-0.15, -0.1) is 0 Å². The van der Waals surface area contributed by atoms with E-state index in [0.29, 0.717) is 6.04 Å². The van der Waals surface area contributed by atoms with Crippen LogP contribution in [-0.2, 0) is 0 Å². The lowest BCUT2D eigenvalue weighted by Crippen LogP contribution is -2.41. The van der Waals surface area contributed by atoms with Crippen LogP contribution in [0.25, 0.3) is 0 Å². The van der Waals surface area contributed by atoms with E-state index in [1.165, 1.54) is 19.5 Å². The number of rotatable bonds is 5. The highest BCUT2D eigenvalue weighted by Crippen LogP contribution is 2.22. The summed E-state index contributed by atoms with van der Waals surface area (Å²) in [5, 5.41) is 3.30. The Bertz CT molecular complexity index is 182. The van der Waals surface area contributed by atoms with E-state index < -0.39 is 0 Å². The van der Waals surface area contributed by atoms with Gasteiger partial charge in [0.05, 0.1) is 0 Å². The van der Waals surface area contributed by atoms with Crippen molar-refractivity contribution < 1.29 is 0 Å². The molecule has 0 aromatic carbocycles. The summed E-state index contributed by atoms with van der Waals surface area (Å²) in [6.45, 7) is 8.26. The van der Waals surface area contributed by atoms with Crippen molar-refractivity contribution in [1.29, 1.82) is 0 Å². The van der Waals surface area contributed by atoms with E-state index in [4.69, 9.17) is 0 Å². The molecule has 1 heterocycles. The Balaban J connectivity index is 2.52. The molecule has 0 spiro atoms. The Hall–Kier alpha value is -0.120. The van der Waals surface area contributed by atoms with Crippen LogP contribution >= 0.6 is 0 Å². The normalized spacial score (nSPS) is 30.0. The number of likely N-dealkylation sites (N-methyl/N-ethyl adjacent to an activating group) is 2. The molecule has 0 aromatic rings. The van der Waals surface area contributed by atoms with Crippen LogP contribution in [0.2, 0.25) is 0 Å². The largest absolute Gasteiger partial charge is 0.318 e. The van der Waals surface area contributed by atoms with Crippen molar-refractivity contribution in [3.05, 3.63) is 0 Å². The smallest absolute Gasteiger partial charge is 0.0254 e. The summed E-state index contributed by atoms with van der Waals surface area (Å²) in [4.78, 5) is 5.02. The van der Waals surface area contributed by atoms with Crippen molar-refractivity contribution in [3.63, 3.8) is 0 Å². The highest BCUT2D eigenvalue weighted by molar-refractivity contribution is 4.90. The van der Waals surface area contributed by atoms with Crippen LogP contribution in [0, 0.1) is 5.92 Å². The summed E-state index contributed by atoms with van der Waals surface area (Å²) in [6, 6.07) is 1.44. The maximum Gasteiger partial charge on any atom is 0.0254 e. The molecule has 0 radical (unpaired) electrons. The molecule has 1 N–H and O–H groups in total. The van der Waals surface area contributed by atoms with Crippen molar-refractivity contribution in [3.8, 4) is 0 Å². The SMILES string of the molecule is CCC(CNC)N1CC(C)C(N(C)C)C1. The van der Waals surface area contributed by atoms with E-state index in [0.717, 1.165) is 18.5 Å². The molecule has 3 nitrogen and oxygen atoms in total. The topological polar surface area (TPSA) is 18.5 Å². The minimum absolute atomic E-state index is 0.711. The first kappa shape index (κ1) is 12.9. The molecule has 1 aliphatic rings. The van der Waals surface area contributed by atoms with Gasteiger partial charge in [-0.05, 0) is 33.5 Å². The zero-order valence-corrected chi connectivity index (χ0v) is 11.0. The van der Waals surface area contributed by atoms with E-state index >= 15 is 0 Å².